The Morgan fingerprint density at radius 1 is 0.947 bits per heavy atom. The Morgan fingerprint density at radius 3 is 2.16 bits per heavy atom. The molecule has 0 saturated carbocycles. The van der Waals surface area contributed by atoms with Crippen molar-refractivity contribution >= 4 is 33.7 Å². The standard InChI is InChI=1S/C27H22F3N3O4S/c1-18(34)32-24-13-12-20(25(35)33-38(36,37)22-10-6-3-7-11-22)14-23(24)26(15-19-8-4-2-5-9-19)16-21(17-31-26)27(28,29)30/h2-14,16-17H,15H2,1H3,(H,32,34)(H,33,35). The summed E-state index contributed by atoms with van der Waals surface area (Å²) in [6, 6.07) is 19.7. The Morgan fingerprint density at radius 2 is 1.58 bits per heavy atom. The van der Waals surface area contributed by atoms with Crippen molar-refractivity contribution in [2.24, 2.45) is 4.99 Å². The summed E-state index contributed by atoms with van der Waals surface area (Å²) >= 11 is 0. The van der Waals surface area contributed by atoms with Crippen molar-refractivity contribution in [2.45, 2.75) is 30.0 Å². The molecule has 2 N–H and O–H groups in total. The van der Waals surface area contributed by atoms with Crippen LogP contribution in [0.1, 0.15) is 28.4 Å². The zero-order valence-electron chi connectivity index (χ0n) is 20.0. The molecule has 0 saturated heterocycles. The number of anilines is 1. The SMILES string of the molecule is CC(=O)Nc1ccc(C(=O)NS(=O)(=O)c2ccccc2)cc1C1(Cc2ccccc2)C=C(C(F)(F)F)C=N1. The van der Waals surface area contributed by atoms with Crippen molar-refractivity contribution in [3.63, 3.8) is 0 Å². The van der Waals surface area contributed by atoms with Crippen molar-refractivity contribution in [3.05, 3.63) is 107 Å². The van der Waals surface area contributed by atoms with E-state index >= 15 is 0 Å². The zero-order chi connectivity index (χ0) is 27.6. The van der Waals surface area contributed by atoms with Crippen molar-refractivity contribution in [2.75, 3.05) is 5.32 Å². The molecule has 0 fully saturated rings. The minimum Gasteiger partial charge on any atom is -0.326 e. The molecular formula is C27H22F3N3O4S. The van der Waals surface area contributed by atoms with E-state index in [-0.39, 0.29) is 28.1 Å². The van der Waals surface area contributed by atoms with E-state index in [0.29, 0.717) is 11.8 Å². The number of carbonyl (C=O) groups is 2. The first-order chi connectivity index (χ1) is 17.9. The van der Waals surface area contributed by atoms with E-state index < -0.39 is 39.1 Å². The summed E-state index contributed by atoms with van der Waals surface area (Å²) in [5, 5.41) is 2.58. The molecule has 1 unspecified atom stereocenters. The number of nitrogens with one attached hydrogen (secondary N) is 2. The number of carbonyl (C=O) groups excluding carboxylic acids is 2. The Balaban J connectivity index is 1.83. The number of aliphatic imine (C=N–C) groups is 1. The van der Waals surface area contributed by atoms with E-state index in [4.69, 9.17) is 0 Å². The highest BCUT2D eigenvalue weighted by Gasteiger charge is 2.43. The van der Waals surface area contributed by atoms with Gasteiger partial charge in [0.05, 0.1) is 10.5 Å². The van der Waals surface area contributed by atoms with Crippen molar-refractivity contribution in [3.8, 4) is 0 Å². The molecular weight excluding hydrogens is 519 g/mol. The van der Waals surface area contributed by atoms with Crippen LogP contribution in [-0.4, -0.2) is 32.6 Å². The van der Waals surface area contributed by atoms with Crippen LogP contribution in [0.5, 0.6) is 0 Å². The lowest BCUT2D eigenvalue weighted by atomic mass is 9.82. The molecule has 1 aliphatic rings. The molecule has 11 heteroatoms. The lowest BCUT2D eigenvalue weighted by Crippen LogP contribution is -2.31. The van der Waals surface area contributed by atoms with Crippen molar-refractivity contribution in [1.29, 1.82) is 0 Å². The smallest absolute Gasteiger partial charge is 0.326 e. The molecule has 0 bridgehead atoms. The van der Waals surface area contributed by atoms with E-state index in [2.05, 4.69) is 10.3 Å². The third kappa shape index (κ3) is 5.83. The van der Waals surface area contributed by atoms with Gasteiger partial charge in [-0.3, -0.25) is 14.6 Å². The summed E-state index contributed by atoms with van der Waals surface area (Å²) in [6.45, 7) is 1.23. The number of hydrogen-bond acceptors (Lipinski definition) is 5. The van der Waals surface area contributed by atoms with E-state index in [1.165, 1.54) is 49.4 Å². The van der Waals surface area contributed by atoms with Crippen LogP contribution in [0.25, 0.3) is 0 Å². The quantitative estimate of drug-likeness (QED) is 0.449. The minimum absolute atomic E-state index is 0.0239. The first-order valence-electron chi connectivity index (χ1n) is 11.3. The summed E-state index contributed by atoms with van der Waals surface area (Å²) in [4.78, 5) is 29.0. The summed E-state index contributed by atoms with van der Waals surface area (Å²) < 4.78 is 68.3. The first-order valence-corrected chi connectivity index (χ1v) is 12.8. The van der Waals surface area contributed by atoms with Crippen molar-refractivity contribution < 1.29 is 31.2 Å². The van der Waals surface area contributed by atoms with Gasteiger partial charge in [0, 0.05) is 36.4 Å². The molecule has 1 atom stereocenters. The van der Waals surface area contributed by atoms with Crippen LogP contribution < -0.4 is 10.0 Å². The second-order valence-electron chi connectivity index (χ2n) is 8.63. The fourth-order valence-electron chi connectivity index (χ4n) is 4.10. The van der Waals surface area contributed by atoms with Crippen LogP contribution in [-0.2, 0) is 26.8 Å². The maximum absolute atomic E-state index is 13.7. The topological polar surface area (TPSA) is 105 Å². The number of nitrogens with zero attached hydrogens (tertiary/aromatic N) is 1. The third-order valence-corrected chi connectivity index (χ3v) is 7.16. The second kappa shape index (κ2) is 10.3. The molecule has 0 spiro atoms. The molecule has 0 aromatic heterocycles. The van der Waals surface area contributed by atoms with E-state index in [9.17, 15) is 31.2 Å². The maximum Gasteiger partial charge on any atom is 0.417 e. The molecule has 1 heterocycles. The maximum atomic E-state index is 13.7. The summed E-state index contributed by atoms with van der Waals surface area (Å²) in [5.74, 6) is -1.49. The molecule has 2 amide bonds. The Bertz CT molecular complexity index is 1540. The van der Waals surface area contributed by atoms with Gasteiger partial charge in [0.15, 0.2) is 0 Å². The van der Waals surface area contributed by atoms with Gasteiger partial charge in [0.1, 0.15) is 5.54 Å². The highest BCUT2D eigenvalue weighted by atomic mass is 32.2. The molecule has 0 aliphatic carbocycles. The molecule has 0 radical (unpaired) electrons. The van der Waals surface area contributed by atoms with Gasteiger partial charge < -0.3 is 5.32 Å². The Kier molecular flexibility index (Phi) is 7.23. The Labute approximate surface area is 217 Å². The average Bonchev–Trinajstić information content (AvgIpc) is 3.30. The lowest BCUT2D eigenvalue weighted by molar-refractivity contribution is -0.114. The summed E-state index contributed by atoms with van der Waals surface area (Å²) in [6.07, 6.45) is -3.05. The first kappa shape index (κ1) is 26.8. The predicted molar refractivity (Wildman–Crippen MR) is 136 cm³/mol. The summed E-state index contributed by atoms with van der Waals surface area (Å²) in [7, 11) is -4.22. The van der Waals surface area contributed by atoms with Gasteiger partial charge in [-0.05, 0) is 42.0 Å². The normalized spacial score (nSPS) is 17.1. The lowest BCUT2D eigenvalue weighted by Gasteiger charge is -2.28. The van der Waals surface area contributed by atoms with Crippen LogP contribution in [0.4, 0.5) is 18.9 Å². The van der Waals surface area contributed by atoms with Crippen LogP contribution in [0.3, 0.4) is 0 Å². The van der Waals surface area contributed by atoms with Gasteiger partial charge in [-0.1, -0.05) is 48.5 Å². The van der Waals surface area contributed by atoms with Crippen LogP contribution in [0.15, 0.2) is 100 Å². The van der Waals surface area contributed by atoms with Gasteiger partial charge in [-0.2, -0.15) is 13.2 Å². The van der Waals surface area contributed by atoms with Crippen LogP contribution >= 0.6 is 0 Å². The van der Waals surface area contributed by atoms with E-state index in [0.717, 1.165) is 6.08 Å². The highest BCUT2D eigenvalue weighted by molar-refractivity contribution is 7.90. The summed E-state index contributed by atoms with van der Waals surface area (Å²) in [5.41, 5.74) is -1.89. The van der Waals surface area contributed by atoms with E-state index in [1.807, 2.05) is 4.72 Å². The van der Waals surface area contributed by atoms with E-state index in [1.54, 1.807) is 36.4 Å². The second-order valence-corrected chi connectivity index (χ2v) is 10.3. The van der Waals surface area contributed by atoms with Crippen LogP contribution in [0.2, 0.25) is 0 Å². The van der Waals surface area contributed by atoms with Crippen molar-refractivity contribution in [1.82, 2.24) is 4.72 Å². The van der Waals surface area contributed by atoms with Gasteiger partial charge in [0.25, 0.3) is 15.9 Å². The predicted octanol–water partition coefficient (Wildman–Crippen LogP) is 4.77. The number of amides is 2. The molecule has 7 nitrogen and oxygen atoms in total. The molecule has 3 aromatic rings. The molecule has 196 valence electrons. The fraction of sp³-hybridized carbons (Fsp3) is 0.148. The van der Waals surface area contributed by atoms with Crippen LogP contribution in [0, 0.1) is 0 Å². The average molecular weight is 542 g/mol. The highest BCUT2D eigenvalue weighted by Crippen LogP contribution is 2.43. The largest absolute Gasteiger partial charge is 0.417 e. The number of rotatable bonds is 7. The van der Waals surface area contributed by atoms with Gasteiger partial charge in [0.2, 0.25) is 5.91 Å². The number of benzene rings is 3. The van der Waals surface area contributed by atoms with Gasteiger partial charge >= 0.3 is 6.18 Å². The number of alkyl halides is 3. The monoisotopic (exact) mass is 541 g/mol. The van der Waals surface area contributed by atoms with Gasteiger partial charge in [-0.15, -0.1) is 0 Å². The molecule has 1 aliphatic heterocycles. The molecule has 38 heavy (non-hydrogen) atoms. The minimum atomic E-state index is -4.69. The number of hydrogen-bond donors (Lipinski definition) is 2. The van der Waals surface area contributed by atoms with Gasteiger partial charge in [-0.25, -0.2) is 13.1 Å². The zero-order valence-corrected chi connectivity index (χ0v) is 20.8. The number of halogens is 3. The number of sulfonamides is 1. The number of allylic oxidation sites excluding steroid dienone is 1. The third-order valence-electron chi connectivity index (χ3n) is 5.81. The fourth-order valence-corrected chi connectivity index (χ4v) is 5.09. The Hall–Kier alpha value is -4.25. The molecule has 3 aromatic carbocycles. The molecule has 4 rings (SSSR count).